The van der Waals surface area contributed by atoms with Crippen molar-refractivity contribution in [3.05, 3.63) is 89.3 Å². The molecule has 1 atom stereocenters. The van der Waals surface area contributed by atoms with Crippen molar-refractivity contribution in [2.24, 2.45) is 7.05 Å². The summed E-state index contributed by atoms with van der Waals surface area (Å²) in [6.45, 7) is 1.66. The molecule has 0 aliphatic carbocycles. The van der Waals surface area contributed by atoms with Crippen molar-refractivity contribution in [1.82, 2.24) is 14.9 Å². The van der Waals surface area contributed by atoms with Crippen LogP contribution < -0.4 is 5.32 Å². The van der Waals surface area contributed by atoms with E-state index in [4.69, 9.17) is 0 Å². The number of carbonyl (C=O) groups excluding carboxylic acids is 1. The molecule has 1 unspecified atom stereocenters. The van der Waals surface area contributed by atoms with Crippen LogP contribution in [0.5, 0.6) is 0 Å². The summed E-state index contributed by atoms with van der Waals surface area (Å²) in [6, 6.07) is 13.6. The van der Waals surface area contributed by atoms with Gasteiger partial charge in [-0.1, -0.05) is 36.4 Å². The summed E-state index contributed by atoms with van der Waals surface area (Å²) in [5.74, 6) is -0.0243. The van der Waals surface area contributed by atoms with Crippen LogP contribution in [0.2, 0.25) is 0 Å². The summed E-state index contributed by atoms with van der Waals surface area (Å²) < 4.78 is 15.6. The van der Waals surface area contributed by atoms with Crippen molar-refractivity contribution in [3.8, 4) is 0 Å². The fraction of sp³-hybridized carbons (Fsp3) is 0.158. The van der Waals surface area contributed by atoms with Crippen molar-refractivity contribution in [1.29, 1.82) is 0 Å². The van der Waals surface area contributed by atoms with Crippen LogP contribution in [-0.4, -0.2) is 15.5 Å². The van der Waals surface area contributed by atoms with E-state index in [1.165, 1.54) is 6.07 Å². The number of hydrogen-bond acceptors (Lipinski definition) is 2. The summed E-state index contributed by atoms with van der Waals surface area (Å²) in [5, 5.41) is 2.95. The molecule has 0 aliphatic rings. The van der Waals surface area contributed by atoms with E-state index in [0.717, 1.165) is 5.56 Å². The molecule has 24 heavy (non-hydrogen) atoms. The quantitative estimate of drug-likeness (QED) is 0.800. The van der Waals surface area contributed by atoms with E-state index >= 15 is 0 Å². The third-order valence-electron chi connectivity index (χ3n) is 3.96. The maximum Gasteiger partial charge on any atom is 0.252 e. The highest BCUT2D eigenvalue weighted by Gasteiger charge is 2.21. The van der Waals surface area contributed by atoms with Crippen LogP contribution in [0.15, 0.2) is 60.9 Å². The second-order valence-corrected chi connectivity index (χ2v) is 5.68. The van der Waals surface area contributed by atoms with Crippen molar-refractivity contribution < 1.29 is 9.18 Å². The smallest absolute Gasteiger partial charge is 0.252 e. The maximum atomic E-state index is 13.7. The average Bonchev–Trinajstić information content (AvgIpc) is 3.01. The van der Waals surface area contributed by atoms with Crippen LogP contribution in [0.4, 0.5) is 4.39 Å². The molecule has 0 saturated carbocycles. The van der Waals surface area contributed by atoms with Crippen LogP contribution >= 0.6 is 0 Å². The molecule has 3 rings (SSSR count). The van der Waals surface area contributed by atoms with Gasteiger partial charge in [0.25, 0.3) is 5.91 Å². The van der Waals surface area contributed by atoms with Crippen LogP contribution in [0.25, 0.3) is 0 Å². The summed E-state index contributed by atoms with van der Waals surface area (Å²) in [5.41, 5.74) is 1.70. The van der Waals surface area contributed by atoms with Crippen molar-refractivity contribution in [3.63, 3.8) is 0 Å². The third-order valence-corrected chi connectivity index (χ3v) is 3.96. The molecule has 2 aromatic carbocycles. The fourth-order valence-corrected chi connectivity index (χ4v) is 2.55. The Bertz CT molecular complexity index is 858. The standard InChI is InChI=1S/C19H18FN3O/c1-13-8-9-15(12-16(13)20)19(24)22-17(14-6-4-3-5-7-14)18-21-10-11-23(18)2/h3-12,17H,1-2H3,(H,22,24). The highest BCUT2D eigenvalue weighted by Crippen LogP contribution is 2.21. The molecule has 3 aromatic rings. The first-order valence-corrected chi connectivity index (χ1v) is 7.65. The minimum atomic E-state index is -0.414. The van der Waals surface area contributed by atoms with Gasteiger partial charge in [0.15, 0.2) is 0 Å². The number of benzene rings is 2. The van der Waals surface area contributed by atoms with E-state index < -0.39 is 11.9 Å². The van der Waals surface area contributed by atoms with Crippen molar-refractivity contribution in [2.45, 2.75) is 13.0 Å². The molecule has 1 amide bonds. The molecule has 122 valence electrons. The second kappa shape index (κ2) is 6.66. The maximum absolute atomic E-state index is 13.7. The lowest BCUT2D eigenvalue weighted by atomic mass is 10.0. The number of nitrogens with zero attached hydrogens (tertiary/aromatic N) is 2. The lowest BCUT2D eigenvalue weighted by Gasteiger charge is -2.19. The van der Waals surface area contributed by atoms with E-state index in [9.17, 15) is 9.18 Å². The van der Waals surface area contributed by atoms with Gasteiger partial charge in [0, 0.05) is 25.0 Å². The molecule has 5 heteroatoms. The molecule has 0 bridgehead atoms. The molecular weight excluding hydrogens is 305 g/mol. The molecule has 0 saturated heterocycles. The molecule has 1 N–H and O–H groups in total. The Labute approximate surface area is 140 Å². The van der Waals surface area contributed by atoms with Gasteiger partial charge < -0.3 is 9.88 Å². The zero-order valence-corrected chi connectivity index (χ0v) is 13.5. The Balaban J connectivity index is 1.93. The van der Waals surface area contributed by atoms with Crippen LogP contribution in [0.1, 0.15) is 33.4 Å². The number of hydrogen-bond donors (Lipinski definition) is 1. The summed E-state index contributed by atoms with van der Waals surface area (Å²) >= 11 is 0. The monoisotopic (exact) mass is 323 g/mol. The Morgan fingerprint density at radius 3 is 2.58 bits per heavy atom. The summed E-state index contributed by atoms with van der Waals surface area (Å²) in [4.78, 5) is 16.9. The highest BCUT2D eigenvalue weighted by atomic mass is 19.1. The van der Waals surface area contributed by atoms with Crippen LogP contribution in [-0.2, 0) is 7.05 Å². The number of imidazole rings is 1. The second-order valence-electron chi connectivity index (χ2n) is 5.68. The Morgan fingerprint density at radius 1 is 1.21 bits per heavy atom. The molecule has 0 spiro atoms. The van der Waals surface area contributed by atoms with Gasteiger partial charge in [-0.05, 0) is 30.2 Å². The number of aromatic nitrogens is 2. The highest BCUT2D eigenvalue weighted by molar-refractivity contribution is 5.94. The molecule has 0 fully saturated rings. The minimum Gasteiger partial charge on any atom is -0.338 e. The fourth-order valence-electron chi connectivity index (χ4n) is 2.55. The molecule has 0 aliphatic heterocycles. The number of aryl methyl sites for hydroxylation is 2. The van der Waals surface area contributed by atoms with Gasteiger partial charge in [-0.25, -0.2) is 9.37 Å². The van der Waals surface area contributed by atoms with Gasteiger partial charge in [0.1, 0.15) is 17.7 Å². The van der Waals surface area contributed by atoms with E-state index in [1.807, 2.05) is 48.1 Å². The number of amides is 1. The van der Waals surface area contributed by atoms with E-state index in [2.05, 4.69) is 10.3 Å². The van der Waals surface area contributed by atoms with Crippen molar-refractivity contribution in [2.75, 3.05) is 0 Å². The van der Waals surface area contributed by atoms with Gasteiger partial charge >= 0.3 is 0 Å². The van der Waals surface area contributed by atoms with Crippen LogP contribution in [0, 0.1) is 12.7 Å². The first-order valence-electron chi connectivity index (χ1n) is 7.65. The van der Waals surface area contributed by atoms with Gasteiger partial charge in [-0.3, -0.25) is 4.79 Å². The van der Waals surface area contributed by atoms with Gasteiger partial charge in [-0.2, -0.15) is 0 Å². The van der Waals surface area contributed by atoms with Gasteiger partial charge in [0.05, 0.1) is 0 Å². The van der Waals surface area contributed by atoms with E-state index in [-0.39, 0.29) is 11.5 Å². The minimum absolute atomic E-state index is 0.285. The summed E-state index contributed by atoms with van der Waals surface area (Å²) in [7, 11) is 1.87. The predicted octanol–water partition coefficient (Wildman–Crippen LogP) is 3.39. The van der Waals surface area contributed by atoms with Crippen LogP contribution in [0.3, 0.4) is 0 Å². The zero-order chi connectivity index (χ0) is 17.1. The first kappa shape index (κ1) is 15.9. The van der Waals surface area contributed by atoms with Crippen molar-refractivity contribution >= 4 is 5.91 Å². The lowest BCUT2D eigenvalue weighted by molar-refractivity contribution is 0.0940. The topological polar surface area (TPSA) is 46.9 Å². The number of carbonyl (C=O) groups is 1. The molecule has 4 nitrogen and oxygen atoms in total. The molecule has 1 heterocycles. The van der Waals surface area contributed by atoms with Gasteiger partial charge in [-0.15, -0.1) is 0 Å². The number of nitrogens with one attached hydrogen (secondary N) is 1. The molecular formula is C19H18FN3O. The molecule has 1 aromatic heterocycles. The Kier molecular flexibility index (Phi) is 4.42. The Morgan fingerprint density at radius 2 is 1.96 bits per heavy atom. The van der Waals surface area contributed by atoms with E-state index in [1.54, 1.807) is 25.3 Å². The average molecular weight is 323 g/mol. The first-order chi connectivity index (χ1) is 11.6. The third kappa shape index (κ3) is 3.20. The molecule has 0 radical (unpaired) electrons. The van der Waals surface area contributed by atoms with E-state index in [0.29, 0.717) is 11.4 Å². The summed E-state index contributed by atoms with van der Waals surface area (Å²) in [6.07, 6.45) is 3.51. The number of rotatable bonds is 4. The normalized spacial score (nSPS) is 12.0. The lowest BCUT2D eigenvalue weighted by Crippen LogP contribution is -2.31. The largest absolute Gasteiger partial charge is 0.338 e. The van der Waals surface area contributed by atoms with Gasteiger partial charge in [0.2, 0.25) is 0 Å². The SMILES string of the molecule is Cc1ccc(C(=O)NC(c2ccccc2)c2nccn2C)cc1F. The predicted molar refractivity (Wildman–Crippen MR) is 90.1 cm³/mol. The Hall–Kier alpha value is -2.95. The zero-order valence-electron chi connectivity index (χ0n) is 13.5. The number of halogens is 1.